The number of carbonyl (C=O) groups is 1. The summed E-state index contributed by atoms with van der Waals surface area (Å²) in [4.78, 5) is 11.2. The molecule has 0 fully saturated rings. The molecule has 1 aromatic heterocycles. The molecule has 2 aromatic rings. The van der Waals surface area contributed by atoms with Crippen LogP contribution in [0, 0.1) is 12.7 Å². The van der Waals surface area contributed by atoms with Gasteiger partial charge in [-0.15, -0.1) is 0 Å². The van der Waals surface area contributed by atoms with E-state index in [-0.39, 0.29) is 17.4 Å². The van der Waals surface area contributed by atoms with Gasteiger partial charge in [0.05, 0.1) is 18.3 Å². The SMILES string of the molecule is Cc1nn2c(c1C(=O)O)N[C@@H](c1cccc(F)c1)C2. The largest absolute Gasteiger partial charge is 0.477 e. The predicted octanol–water partition coefficient (Wildman–Crippen LogP) is 2.20. The van der Waals surface area contributed by atoms with E-state index in [0.29, 0.717) is 18.1 Å². The fraction of sp³-hybridized carbons (Fsp3) is 0.231. The molecule has 19 heavy (non-hydrogen) atoms. The normalized spacial score (nSPS) is 17.1. The van der Waals surface area contributed by atoms with Gasteiger partial charge in [-0.3, -0.25) is 0 Å². The van der Waals surface area contributed by atoms with Crippen LogP contribution in [0.4, 0.5) is 10.2 Å². The van der Waals surface area contributed by atoms with Crippen molar-refractivity contribution < 1.29 is 14.3 Å². The Hall–Kier alpha value is -2.37. The van der Waals surface area contributed by atoms with Crippen molar-refractivity contribution in [3.8, 4) is 0 Å². The number of aryl methyl sites for hydroxylation is 1. The number of carboxylic acids is 1. The second kappa shape index (κ2) is 4.08. The number of carboxylic acid groups (broad SMARTS) is 1. The third-order valence-electron chi connectivity index (χ3n) is 3.26. The van der Waals surface area contributed by atoms with E-state index in [1.54, 1.807) is 23.7 Å². The van der Waals surface area contributed by atoms with Crippen molar-refractivity contribution in [2.24, 2.45) is 0 Å². The Labute approximate surface area is 108 Å². The summed E-state index contributed by atoms with van der Waals surface area (Å²) in [7, 11) is 0. The quantitative estimate of drug-likeness (QED) is 0.869. The van der Waals surface area contributed by atoms with Crippen LogP contribution in [0.5, 0.6) is 0 Å². The molecule has 6 heteroatoms. The first-order valence-electron chi connectivity index (χ1n) is 5.89. The van der Waals surface area contributed by atoms with Gasteiger partial charge in [0, 0.05) is 0 Å². The number of hydrogen-bond donors (Lipinski definition) is 2. The second-order valence-corrected chi connectivity index (χ2v) is 4.55. The number of halogens is 1. The third-order valence-corrected chi connectivity index (χ3v) is 3.26. The molecule has 3 rings (SSSR count). The number of nitrogens with zero attached hydrogens (tertiary/aromatic N) is 2. The zero-order valence-electron chi connectivity index (χ0n) is 10.2. The molecular weight excluding hydrogens is 249 g/mol. The molecule has 0 aliphatic carbocycles. The Morgan fingerprint density at radius 3 is 3.05 bits per heavy atom. The second-order valence-electron chi connectivity index (χ2n) is 4.55. The molecule has 1 aromatic carbocycles. The molecule has 2 heterocycles. The molecule has 0 saturated carbocycles. The number of aromatic carboxylic acids is 1. The van der Waals surface area contributed by atoms with Gasteiger partial charge in [0.15, 0.2) is 0 Å². The van der Waals surface area contributed by atoms with Crippen LogP contribution in [0.3, 0.4) is 0 Å². The average molecular weight is 261 g/mol. The van der Waals surface area contributed by atoms with E-state index in [1.807, 2.05) is 0 Å². The van der Waals surface area contributed by atoms with Crippen molar-refractivity contribution in [2.45, 2.75) is 19.5 Å². The van der Waals surface area contributed by atoms with E-state index in [9.17, 15) is 9.18 Å². The molecular formula is C13H12FN3O2. The van der Waals surface area contributed by atoms with Crippen LogP contribution in [-0.4, -0.2) is 20.9 Å². The molecule has 1 aliphatic rings. The Bertz CT molecular complexity index is 666. The monoisotopic (exact) mass is 261 g/mol. The number of hydrogen-bond acceptors (Lipinski definition) is 3. The molecule has 1 atom stereocenters. The van der Waals surface area contributed by atoms with Gasteiger partial charge in [0.25, 0.3) is 0 Å². The minimum absolute atomic E-state index is 0.156. The van der Waals surface area contributed by atoms with Gasteiger partial charge in [0.1, 0.15) is 17.2 Å². The van der Waals surface area contributed by atoms with E-state index in [2.05, 4.69) is 10.4 Å². The Morgan fingerprint density at radius 2 is 2.37 bits per heavy atom. The minimum atomic E-state index is -1.01. The van der Waals surface area contributed by atoms with E-state index in [0.717, 1.165) is 5.56 Å². The van der Waals surface area contributed by atoms with E-state index < -0.39 is 5.97 Å². The molecule has 0 amide bonds. The first-order chi connectivity index (χ1) is 9.06. The molecule has 5 nitrogen and oxygen atoms in total. The van der Waals surface area contributed by atoms with Crippen LogP contribution in [0.15, 0.2) is 24.3 Å². The molecule has 0 saturated heterocycles. The number of aromatic nitrogens is 2. The van der Waals surface area contributed by atoms with Crippen LogP contribution in [0.2, 0.25) is 0 Å². The summed E-state index contributed by atoms with van der Waals surface area (Å²) in [6.07, 6.45) is 0. The lowest BCUT2D eigenvalue weighted by Gasteiger charge is -2.11. The zero-order chi connectivity index (χ0) is 13.6. The van der Waals surface area contributed by atoms with Crippen LogP contribution < -0.4 is 5.32 Å². The van der Waals surface area contributed by atoms with Crippen molar-refractivity contribution in [1.82, 2.24) is 9.78 Å². The Morgan fingerprint density at radius 1 is 1.58 bits per heavy atom. The maximum atomic E-state index is 13.2. The van der Waals surface area contributed by atoms with Gasteiger partial charge in [-0.25, -0.2) is 13.9 Å². The zero-order valence-corrected chi connectivity index (χ0v) is 10.2. The topological polar surface area (TPSA) is 67.2 Å². The summed E-state index contributed by atoms with van der Waals surface area (Å²) in [5.74, 6) is -0.830. The summed E-state index contributed by atoms with van der Waals surface area (Å²) in [5.41, 5.74) is 1.44. The molecule has 0 radical (unpaired) electrons. The lowest BCUT2D eigenvalue weighted by molar-refractivity contribution is 0.0697. The molecule has 0 bridgehead atoms. The summed E-state index contributed by atoms with van der Waals surface area (Å²) in [6.45, 7) is 2.15. The van der Waals surface area contributed by atoms with Crippen molar-refractivity contribution in [2.75, 3.05) is 5.32 Å². The summed E-state index contributed by atoms with van der Waals surface area (Å²) < 4.78 is 14.8. The van der Waals surface area contributed by atoms with Crippen LogP contribution >= 0.6 is 0 Å². The number of nitrogens with one attached hydrogen (secondary N) is 1. The van der Waals surface area contributed by atoms with Gasteiger partial charge in [-0.1, -0.05) is 12.1 Å². The fourth-order valence-electron chi connectivity index (χ4n) is 2.41. The van der Waals surface area contributed by atoms with Gasteiger partial charge in [-0.2, -0.15) is 5.10 Å². The maximum Gasteiger partial charge on any atom is 0.341 e. The maximum absolute atomic E-state index is 13.2. The molecule has 0 unspecified atom stereocenters. The Balaban J connectivity index is 1.95. The standard InChI is InChI=1S/C13H12FN3O2/c1-7-11(13(18)19)12-15-10(6-17(12)16-7)8-3-2-4-9(14)5-8/h2-5,10,15H,6H2,1H3,(H,18,19)/t10-/m1/s1. The van der Waals surface area contributed by atoms with E-state index in [1.165, 1.54) is 12.1 Å². The number of fused-ring (bicyclic) bond motifs is 1. The molecule has 0 spiro atoms. The van der Waals surface area contributed by atoms with Crippen molar-refractivity contribution in [3.05, 3.63) is 46.9 Å². The predicted molar refractivity (Wildman–Crippen MR) is 66.7 cm³/mol. The summed E-state index contributed by atoms with van der Waals surface area (Å²) in [6, 6.07) is 6.11. The summed E-state index contributed by atoms with van der Waals surface area (Å²) in [5, 5.41) is 16.5. The van der Waals surface area contributed by atoms with Crippen molar-refractivity contribution in [1.29, 1.82) is 0 Å². The molecule has 2 N–H and O–H groups in total. The van der Waals surface area contributed by atoms with Crippen LogP contribution in [-0.2, 0) is 6.54 Å². The lowest BCUT2D eigenvalue weighted by Crippen LogP contribution is -2.10. The highest BCUT2D eigenvalue weighted by molar-refractivity contribution is 5.95. The number of benzene rings is 1. The van der Waals surface area contributed by atoms with Gasteiger partial charge in [-0.05, 0) is 24.6 Å². The van der Waals surface area contributed by atoms with Gasteiger partial charge in [0.2, 0.25) is 0 Å². The molecule has 1 aliphatic heterocycles. The highest BCUT2D eigenvalue weighted by atomic mass is 19.1. The summed E-state index contributed by atoms with van der Waals surface area (Å²) >= 11 is 0. The third kappa shape index (κ3) is 1.85. The van der Waals surface area contributed by atoms with E-state index in [4.69, 9.17) is 5.11 Å². The highest BCUT2D eigenvalue weighted by Gasteiger charge is 2.30. The van der Waals surface area contributed by atoms with Crippen LogP contribution in [0.1, 0.15) is 27.7 Å². The van der Waals surface area contributed by atoms with Crippen molar-refractivity contribution >= 4 is 11.8 Å². The number of rotatable bonds is 2. The van der Waals surface area contributed by atoms with Crippen LogP contribution in [0.25, 0.3) is 0 Å². The van der Waals surface area contributed by atoms with Gasteiger partial charge < -0.3 is 10.4 Å². The fourth-order valence-corrected chi connectivity index (χ4v) is 2.41. The van der Waals surface area contributed by atoms with Gasteiger partial charge >= 0.3 is 5.97 Å². The molecule has 98 valence electrons. The lowest BCUT2D eigenvalue weighted by atomic mass is 10.1. The highest BCUT2D eigenvalue weighted by Crippen LogP contribution is 2.32. The first-order valence-corrected chi connectivity index (χ1v) is 5.89. The Kier molecular flexibility index (Phi) is 2.51. The number of anilines is 1. The minimum Gasteiger partial charge on any atom is -0.477 e. The van der Waals surface area contributed by atoms with Crippen molar-refractivity contribution in [3.63, 3.8) is 0 Å². The smallest absolute Gasteiger partial charge is 0.341 e. The first kappa shape index (κ1) is 11.7. The average Bonchev–Trinajstić information content (AvgIpc) is 2.84. The van der Waals surface area contributed by atoms with E-state index >= 15 is 0 Å².